The van der Waals surface area contributed by atoms with Gasteiger partial charge >= 0.3 is 0 Å². The van der Waals surface area contributed by atoms with Crippen molar-refractivity contribution in [2.75, 3.05) is 44.3 Å². The average molecular weight is 366 g/mol. The van der Waals surface area contributed by atoms with Crippen molar-refractivity contribution in [2.24, 2.45) is 0 Å². The van der Waals surface area contributed by atoms with Gasteiger partial charge in [-0.1, -0.05) is 29.3 Å². The van der Waals surface area contributed by atoms with Gasteiger partial charge in [-0.15, -0.1) is 0 Å². The number of hydrogen-bond donors (Lipinski definition) is 1. The van der Waals surface area contributed by atoms with Crippen molar-refractivity contribution < 1.29 is 13.2 Å². The number of nitrogens with zero attached hydrogens (tertiary/aromatic N) is 2. The molecule has 1 amide bonds. The highest BCUT2D eigenvalue weighted by atomic mass is 35.5. The lowest BCUT2D eigenvalue weighted by Gasteiger charge is -2.32. The second-order valence-electron chi connectivity index (χ2n) is 5.09. The number of amides is 1. The summed E-state index contributed by atoms with van der Waals surface area (Å²) in [5.74, 6) is -0.211. The lowest BCUT2D eigenvalue weighted by atomic mass is 10.3. The van der Waals surface area contributed by atoms with Crippen molar-refractivity contribution in [3.05, 3.63) is 28.2 Å². The van der Waals surface area contributed by atoms with Crippen molar-refractivity contribution in [1.82, 2.24) is 9.21 Å². The van der Waals surface area contributed by atoms with E-state index in [0.717, 1.165) is 0 Å². The van der Waals surface area contributed by atoms with Gasteiger partial charge in [0.15, 0.2) is 0 Å². The first-order chi connectivity index (χ1) is 10.3. The highest BCUT2D eigenvalue weighted by Gasteiger charge is 2.24. The van der Waals surface area contributed by atoms with E-state index in [9.17, 15) is 13.2 Å². The van der Waals surface area contributed by atoms with E-state index >= 15 is 0 Å². The number of piperazine rings is 1. The SMILES string of the molecule is CS(=O)(=O)N1CCN(CC(=O)Nc2cccc(Cl)c2Cl)CC1. The van der Waals surface area contributed by atoms with Crippen molar-refractivity contribution >= 4 is 44.8 Å². The Balaban J connectivity index is 1.87. The Morgan fingerprint density at radius 3 is 2.45 bits per heavy atom. The minimum atomic E-state index is -3.16. The first-order valence-electron chi connectivity index (χ1n) is 6.68. The molecule has 0 aliphatic carbocycles. The van der Waals surface area contributed by atoms with Crippen molar-refractivity contribution in [2.45, 2.75) is 0 Å². The predicted molar refractivity (Wildman–Crippen MR) is 87.9 cm³/mol. The summed E-state index contributed by atoms with van der Waals surface area (Å²) in [7, 11) is -3.16. The van der Waals surface area contributed by atoms with E-state index in [-0.39, 0.29) is 12.5 Å². The Kier molecular flexibility index (Phi) is 5.68. The highest BCUT2D eigenvalue weighted by Crippen LogP contribution is 2.29. The van der Waals surface area contributed by atoms with Crippen LogP contribution in [0.3, 0.4) is 0 Å². The fourth-order valence-corrected chi connectivity index (χ4v) is 3.39. The molecule has 1 N–H and O–H groups in total. The van der Waals surface area contributed by atoms with Crippen LogP contribution in [-0.4, -0.2) is 62.5 Å². The minimum absolute atomic E-state index is 0.181. The number of nitrogens with one attached hydrogen (secondary N) is 1. The number of hydrogen-bond acceptors (Lipinski definition) is 4. The first-order valence-corrected chi connectivity index (χ1v) is 9.29. The molecule has 1 aromatic carbocycles. The Hall–Kier alpha value is -0.860. The van der Waals surface area contributed by atoms with Crippen LogP contribution in [0.1, 0.15) is 0 Å². The average Bonchev–Trinajstić information content (AvgIpc) is 2.43. The maximum absolute atomic E-state index is 12.0. The molecule has 1 fully saturated rings. The second-order valence-corrected chi connectivity index (χ2v) is 7.86. The number of carbonyl (C=O) groups excluding carboxylic acids is 1. The first kappa shape index (κ1) is 17.5. The lowest BCUT2D eigenvalue weighted by Crippen LogP contribution is -2.50. The van der Waals surface area contributed by atoms with Crippen molar-refractivity contribution in [1.29, 1.82) is 0 Å². The maximum atomic E-state index is 12.0. The largest absolute Gasteiger partial charge is 0.324 e. The molecule has 9 heteroatoms. The summed E-state index contributed by atoms with van der Waals surface area (Å²) in [4.78, 5) is 13.9. The molecule has 6 nitrogen and oxygen atoms in total. The van der Waals surface area contributed by atoms with E-state index in [2.05, 4.69) is 5.32 Å². The molecule has 0 saturated carbocycles. The molecule has 1 saturated heterocycles. The van der Waals surface area contributed by atoms with Crippen molar-refractivity contribution in [3.63, 3.8) is 0 Å². The van der Waals surface area contributed by atoms with Gasteiger partial charge in [-0.05, 0) is 12.1 Å². The maximum Gasteiger partial charge on any atom is 0.238 e. The third kappa shape index (κ3) is 4.57. The number of rotatable bonds is 4. The van der Waals surface area contributed by atoms with Crippen LogP contribution < -0.4 is 5.32 Å². The van der Waals surface area contributed by atoms with E-state index in [0.29, 0.717) is 41.9 Å². The monoisotopic (exact) mass is 365 g/mol. The molecule has 0 atom stereocenters. The zero-order valence-electron chi connectivity index (χ0n) is 12.1. The van der Waals surface area contributed by atoms with Gasteiger partial charge in [0.1, 0.15) is 0 Å². The van der Waals surface area contributed by atoms with E-state index < -0.39 is 10.0 Å². The Morgan fingerprint density at radius 2 is 1.86 bits per heavy atom. The summed E-state index contributed by atoms with van der Waals surface area (Å²) in [5, 5.41) is 3.39. The zero-order chi connectivity index (χ0) is 16.3. The van der Waals surface area contributed by atoms with E-state index in [1.807, 2.05) is 4.90 Å². The summed E-state index contributed by atoms with van der Waals surface area (Å²) >= 11 is 11.9. The molecule has 0 bridgehead atoms. The molecule has 1 heterocycles. The number of sulfonamides is 1. The third-order valence-corrected chi connectivity index (χ3v) is 5.52. The normalized spacial score (nSPS) is 17.4. The van der Waals surface area contributed by atoms with E-state index in [1.54, 1.807) is 18.2 Å². The van der Waals surface area contributed by atoms with E-state index in [1.165, 1.54) is 10.6 Å². The number of carbonyl (C=O) groups is 1. The summed E-state index contributed by atoms with van der Waals surface area (Å²) in [6, 6.07) is 5.02. The molecule has 1 aromatic rings. The van der Waals surface area contributed by atoms with Crippen LogP contribution in [0, 0.1) is 0 Å². The van der Waals surface area contributed by atoms with Crippen LogP contribution in [0.2, 0.25) is 10.0 Å². The van der Waals surface area contributed by atoms with Crippen LogP contribution in [0.5, 0.6) is 0 Å². The molecule has 22 heavy (non-hydrogen) atoms. The molecular formula is C13H17Cl2N3O3S. The van der Waals surface area contributed by atoms with Crippen molar-refractivity contribution in [3.8, 4) is 0 Å². The fraction of sp³-hybridized carbons (Fsp3) is 0.462. The summed E-state index contributed by atoms with van der Waals surface area (Å²) in [5.41, 5.74) is 0.467. The van der Waals surface area contributed by atoms with E-state index in [4.69, 9.17) is 23.2 Å². The molecular weight excluding hydrogens is 349 g/mol. The minimum Gasteiger partial charge on any atom is -0.324 e. The van der Waals surface area contributed by atoms with Gasteiger partial charge < -0.3 is 5.32 Å². The molecule has 2 rings (SSSR count). The third-order valence-electron chi connectivity index (χ3n) is 3.39. The molecule has 1 aliphatic heterocycles. The molecule has 0 unspecified atom stereocenters. The quantitative estimate of drug-likeness (QED) is 0.877. The summed E-state index contributed by atoms with van der Waals surface area (Å²) in [6.45, 7) is 2.00. The lowest BCUT2D eigenvalue weighted by molar-refractivity contribution is -0.117. The van der Waals surface area contributed by atoms with Gasteiger partial charge in [-0.2, -0.15) is 4.31 Å². The smallest absolute Gasteiger partial charge is 0.238 e. The molecule has 0 spiro atoms. The standard InChI is InChI=1S/C13H17Cl2N3O3S/c1-22(20,21)18-7-5-17(6-8-18)9-12(19)16-11-4-2-3-10(14)13(11)15/h2-4H,5-9H2,1H3,(H,16,19). The second kappa shape index (κ2) is 7.14. The molecule has 1 aliphatic rings. The van der Waals surface area contributed by atoms with Crippen LogP contribution in [0.25, 0.3) is 0 Å². The van der Waals surface area contributed by atoms with Gasteiger partial charge in [0.05, 0.1) is 28.5 Å². The summed E-state index contributed by atoms with van der Waals surface area (Å²) < 4.78 is 24.3. The highest BCUT2D eigenvalue weighted by molar-refractivity contribution is 7.88. The number of anilines is 1. The van der Waals surface area contributed by atoms with Gasteiger partial charge in [0, 0.05) is 26.2 Å². The number of benzene rings is 1. The number of halogens is 2. The predicted octanol–water partition coefficient (Wildman–Crippen LogP) is 1.51. The van der Waals surface area contributed by atoms with Crippen LogP contribution in [0.15, 0.2) is 18.2 Å². The van der Waals surface area contributed by atoms with Gasteiger partial charge in [-0.25, -0.2) is 8.42 Å². The zero-order valence-corrected chi connectivity index (χ0v) is 14.4. The van der Waals surface area contributed by atoms with Gasteiger partial charge in [-0.3, -0.25) is 9.69 Å². The Morgan fingerprint density at radius 1 is 1.23 bits per heavy atom. The Labute approximate surface area is 140 Å². The summed E-state index contributed by atoms with van der Waals surface area (Å²) in [6.07, 6.45) is 1.19. The fourth-order valence-electron chi connectivity index (χ4n) is 2.21. The molecule has 122 valence electrons. The molecule has 0 radical (unpaired) electrons. The van der Waals surface area contributed by atoms with Crippen LogP contribution in [0.4, 0.5) is 5.69 Å². The van der Waals surface area contributed by atoms with Gasteiger partial charge in [0.25, 0.3) is 0 Å². The Bertz CT molecular complexity index is 658. The van der Waals surface area contributed by atoms with Gasteiger partial charge in [0.2, 0.25) is 15.9 Å². The molecule has 0 aromatic heterocycles. The van der Waals surface area contributed by atoms with Crippen LogP contribution >= 0.6 is 23.2 Å². The van der Waals surface area contributed by atoms with Crippen LogP contribution in [-0.2, 0) is 14.8 Å². The topological polar surface area (TPSA) is 69.7 Å².